The zero-order valence-corrected chi connectivity index (χ0v) is 12.5. The van der Waals surface area contributed by atoms with Crippen molar-refractivity contribution < 1.29 is 4.79 Å². The third kappa shape index (κ3) is 3.83. The number of carbonyl (C=O) groups excluding carboxylic acids is 1. The van der Waals surface area contributed by atoms with Crippen molar-refractivity contribution in [2.45, 2.75) is 25.8 Å². The second-order valence-corrected chi connectivity index (χ2v) is 6.10. The number of amides is 1. The number of likely N-dealkylation sites (tertiary alicyclic amines) is 1. The van der Waals surface area contributed by atoms with Crippen LogP contribution < -0.4 is 5.32 Å². The van der Waals surface area contributed by atoms with E-state index in [4.69, 9.17) is 0 Å². The molecule has 21 heavy (non-hydrogen) atoms. The molecule has 2 aromatic heterocycles. The lowest BCUT2D eigenvalue weighted by Gasteiger charge is -2.24. The van der Waals surface area contributed by atoms with E-state index < -0.39 is 0 Å². The van der Waals surface area contributed by atoms with Gasteiger partial charge in [0.2, 0.25) is 5.13 Å². The summed E-state index contributed by atoms with van der Waals surface area (Å²) in [5, 5.41) is 12.4. The van der Waals surface area contributed by atoms with Crippen LogP contribution in [0.3, 0.4) is 0 Å². The Kier molecular flexibility index (Phi) is 4.52. The average Bonchev–Trinajstić information content (AvgIpc) is 2.96. The van der Waals surface area contributed by atoms with Crippen molar-refractivity contribution in [3.63, 3.8) is 0 Å². The maximum Gasteiger partial charge on any atom is 0.259 e. The molecule has 110 valence electrons. The molecule has 1 aliphatic heterocycles. The first-order valence-electron chi connectivity index (χ1n) is 7.07. The molecular weight excluding hydrogens is 286 g/mol. The topological polar surface area (TPSA) is 71.0 Å². The van der Waals surface area contributed by atoms with E-state index in [0.717, 1.165) is 24.6 Å². The highest BCUT2D eigenvalue weighted by atomic mass is 32.1. The smallest absolute Gasteiger partial charge is 0.259 e. The summed E-state index contributed by atoms with van der Waals surface area (Å²) in [6, 6.07) is 3.45. The Morgan fingerprint density at radius 3 is 2.90 bits per heavy atom. The number of anilines is 1. The van der Waals surface area contributed by atoms with Crippen LogP contribution in [0.2, 0.25) is 0 Å². The van der Waals surface area contributed by atoms with Crippen LogP contribution in [0.15, 0.2) is 24.5 Å². The summed E-state index contributed by atoms with van der Waals surface area (Å²) in [6.07, 6.45) is 7.00. The predicted octanol–water partition coefficient (Wildman–Crippen LogP) is 2.17. The summed E-state index contributed by atoms with van der Waals surface area (Å²) < 4.78 is 0. The third-order valence-corrected chi connectivity index (χ3v) is 4.24. The normalized spacial score (nSPS) is 15.8. The summed E-state index contributed by atoms with van der Waals surface area (Å²) in [5.74, 6) is -0.205. The lowest BCUT2D eigenvalue weighted by molar-refractivity contribution is 0.102. The van der Waals surface area contributed by atoms with E-state index in [2.05, 4.69) is 25.4 Å². The van der Waals surface area contributed by atoms with Gasteiger partial charge in [-0.3, -0.25) is 20.0 Å². The van der Waals surface area contributed by atoms with E-state index in [9.17, 15) is 4.79 Å². The molecule has 0 radical (unpaired) electrons. The van der Waals surface area contributed by atoms with Gasteiger partial charge in [-0.25, -0.2) is 0 Å². The molecule has 0 aliphatic carbocycles. The van der Waals surface area contributed by atoms with Crippen LogP contribution in [0.25, 0.3) is 0 Å². The number of hydrogen-bond donors (Lipinski definition) is 1. The Hall–Kier alpha value is -1.86. The molecule has 0 aromatic carbocycles. The Balaban J connectivity index is 1.58. The molecule has 3 rings (SSSR count). The highest BCUT2D eigenvalue weighted by Crippen LogP contribution is 2.19. The molecule has 6 nitrogen and oxygen atoms in total. The minimum Gasteiger partial charge on any atom is -0.297 e. The van der Waals surface area contributed by atoms with Crippen molar-refractivity contribution in [3.8, 4) is 0 Å². The van der Waals surface area contributed by atoms with Crippen LogP contribution >= 0.6 is 11.3 Å². The van der Waals surface area contributed by atoms with Gasteiger partial charge < -0.3 is 0 Å². The highest BCUT2D eigenvalue weighted by molar-refractivity contribution is 7.15. The van der Waals surface area contributed by atoms with Gasteiger partial charge in [-0.1, -0.05) is 17.8 Å². The Morgan fingerprint density at radius 1 is 1.29 bits per heavy atom. The lowest BCUT2D eigenvalue weighted by Crippen LogP contribution is -2.28. The van der Waals surface area contributed by atoms with Crippen LogP contribution in [0.5, 0.6) is 0 Å². The van der Waals surface area contributed by atoms with E-state index in [-0.39, 0.29) is 5.91 Å². The van der Waals surface area contributed by atoms with Crippen molar-refractivity contribution in [2.75, 3.05) is 18.4 Å². The Labute approximate surface area is 127 Å². The number of piperidine rings is 1. The molecule has 1 N–H and O–H groups in total. The first kappa shape index (κ1) is 14.1. The summed E-state index contributed by atoms with van der Waals surface area (Å²) in [4.78, 5) is 18.3. The molecule has 0 atom stereocenters. The van der Waals surface area contributed by atoms with E-state index >= 15 is 0 Å². The summed E-state index contributed by atoms with van der Waals surface area (Å²) in [5.41, 5.74) is 0.519. The Morgan fingerprint density at radius 2 is 2.14 bits per heavy atom. The van der Waals surface area contributed by atoms with Crippen molar-refractivity contribution in [1.82, 2.24) is 20.1 Å². The van der Waals surface area contributed by atoms with Crippen molar-refractivity contribution in [3.05, 3.63) is 35.1 Å². The number of carbonyl (C=O) groups is 1. The van der Waals surface area contributed by atoms with E-state index in [1.807, 2.05) is 0 Å². The SMILES string of the molecule is O=C(Nc1nnc(CN2CCCCC2)s1)c1cccnc1. The van der Waals surface area contributed by atoms with Crippen LogP contribution in [0, 0.1) is 0 Å². The van der Waals surface area contributed by atoms with Crippen LogP contribution in [-0.2, 0) is 6.54 Å². The molecule has 0 saturated carbocycles. The van der Waals surface area contributed by atoms with Gasteiger partial charge in [0.1, 0.15) is 5.01 Å². The molecule has 0 bridgehead atoms. The van der Waals surface area contributed by atoms with Gasteiger partial charge in [0.15, 0.2) is 0 Å². The van der Waals surface area contributed by atoms with Gasteiger partial charge in [0, 0.05) is 12.4 Å². The maximum atomic E-state index is 12.0. The standard InChI is InChI=1S/C14H17N5OS/c20-13(11-5-4-6-15-9-11)16-14-18-17-12(21-14)10-19-7-2-1-3-8-19/h4-6,9H,1-3,7-8,10H2,(H,16,18,20). The van der Waals surface area contributed by atoms with E-state index in [1.165, 1.54) is 36.8 Å². The van der Waals surface area contributed by atoms with Crippen LogP contribution in [0.4, 0.5) is 5.13 Å². The summed E-state index contributed by atoms with van der Waals surface area (Å²) >= 11 is 1.43. The minimum atomic E-state index is -0.205. The molecule has 1 aliphatic rings. The quantitative estimate of drug-likeness (QED) is 0.937. The van der Waals surface area contributed by atoms with Crippen LogP contribution in [-0.4, -0.2) is 39.1 Å². The first-order valence-corrected chi connectivity index (χ1v) is 7.89. The molecule has 1 amide bonds. The van der Waals surface area contributed by atoms with E-state index in [1.54, 1.807) is 18.3 Å². The molecule has 1 saturated heterocycles. The second kappa shape index (κ2) is 6.73. The Bertz CT molecular complexity index is 594. The number of nitrogens with zero attached hydrogens (tertiary/aromatic N) is 4. The fourth-order valence-corrected chi connectivity index (χ4v) is 3.12. The van der Waals surface area contributed by atoms with Crippen LogP contribution in [0.1, 0.15) is 34.6 Å². The van der Waals surface area contributed by atoms with Gasteiger partial charge in [0.05, 0.1) is 12.1 Å². The van der Waals surface area contributed by atoms with Crippen molar-refractivity contribution >= 4 is 22.4 Å². The maximum absolute atomic E-state index is 12.0. The monoisotopic (exact) mass is 303 g/mol. The third-order valence-electron chi connectivity index (χ3n) is 3.42. The molecule has 7 heteroatoms. The van der Waals surface area contributed by atoms with Gasteiger partial charge in [0.25, 0.3) is 5.91 Å². The molecule has 3 heterocycles. The van der Waals surface area contributed by atoms with Crippen molar-refractivity contribution in [2.24, 2.45) is 0 Å². The predicted molar refractivity (Wildman–Crippen MR) is 81.2 cm³/mol. The molecule has 0 spiro atoms. The summed E-state index contributed by atoms with van der Waals surface area (Å²) in [7, 11) is 0. The number of pyridine rings is 1. The molecule has 2 aromatic rings. The van der Waals surface area contributed by atoms with E-state index in [0.29, 0.717) is 10.7 Å². The number of hydrogen-bond acceptors (Lipinski definition) is 6. The number of nitrogens with one attached hydrogen (secondary N) is 1. The zero-order chi connectivity index (χ0) is 14.5. The molecule has 1 fully saturated rings. The minimum absolute atomic E-state index is 0.205. The number of aromatic nitrogens is 3. The fraction of sp³-hybridized carbons (Fsp3) is 0.429. The molecule has 0 unspecified atom stereocenters. The fourth-order valence-electron chi connectivity index (χ4n) is 2.34. The second-order valence-electron chi connectivity index (χ2n) is 5.03. The van der Waals surface area contributed by atoms with Gasteiger partial charge in [-0.2, -0.15) is 0 Å². The first-order chi connectivity index (χ1) is 10.3. The lowest BCUT2D eigenvalue weighted by atomic mass is 10.1. The largest absolute Gasteiger partial charge is 0.297 e. The molecular formula is C14H17N5OS. The van der Waals surface area contributed by atoms with Crippen molar-refractivity contribution in [1.29, 1.82) is 0 Å². The zero-order valence-electron chi connectivity index (χ0n) is 11.7. The average molecular weight is 303 g/mol. The van der Waals surface area contributed by atoms with Gasteiger partial charge in [-0.05, 0) is 38.1 Å². The summed E-state index contributed by atoms with van der Waals surface area (Å²) in [6.45, 7) is 3.06. The highest BCUT2D eigenvalue weighted by Gasteiger charge is 2.14. The number of rotatable bonds is 4. The van der Waals surface area contributed by atoms with Gasteiger partial charge >= 0.3 is 0 Å². The van der Waals surface area contributed by atoms with Gasteiger partial charge in [-0.15, -0.1) is 10.2 Å².